The summed E-state index contributed by atoms with van der Waals surface area (Å²) >= 11 is 0. The largest absolute Gasteiger partial charge is 0.508 e. The minimum absolute atomic E-state index is 0.326. The summed E-state index contributed by atoms with van der Waals surface area (Å²) in [6, 6.07) is 16.6. The van der Waals surface area contributed by atoms with Gasteiger partial charge >= 0.3 is 0 Å². The summed E-state index contributed by atoms with van der Waals surface area (Å²) in [7, 11) is 0. The second kappa shape index (κ2) is 7.11. The maximum atomic E-state index is 9.34. The summed E-state index contributed by atoms with van der Waals surface area (Å²) in [5.74, 6) is 0.326. The van der Waals surface area contributed by atoms with Gasteiger partial charge < -0.3 is 10.4 Å². The molecule has 0 radical (unpaired) electrons. The number of aromatic hydroxyl groups is 1. The molecular formula is C18H23NO. The Morgan fingerprint density at radius 1 is 1.00 bits per heavy atom. The van der Waals surface area contributed by atoms with Gasteiger partial charge in [0.25, 0.3) is 0 Å². The smallest absolute Gasteiger partial charge is 0.115 e. The molecule has 0 bridgehead atoms. The van der Waals surface area contributed by atoms with E-state index in [1.807, 2.05) is 12.1 Å². The van der Waals surface area contributed by atoms with E-state index in [1.165, 1.54) is 16.7 Å². The van der Waals surface area contributed by atoms with Crippen LogP contribution < -0.4 is 5.32 Å². The van der Waals surface area contributed by atoms with Gasteiger partial charge in [-0.1, -0.05) is 48.9 Å². The van der Waals surface area contributed by atoms with Crippen LogP contribution in [-0.4, -0.2) is 17.7 Å². The van der Waals surface area contributed by atoms with Crippen molar-refractivity contribution in [3.63, 3.8) is 0 Å². The van der Waals surface area contributed by atoms with Gasteiger partial charge in [0.2, 0.25) is 0 Å². The third-order valence-electron chi connectivity index (χ3n) is 3.48. The molecule has 0 aromatic heterocycles. The average molecular weight is 269 g/mol. The van der Waals surface area contributed by atoms with E-state index in [0.29, 0.717) is 11.8 Å². The van der Waals surface area contributed by atoms with E-state index in [-0.39, 0.29) is 0 Å². The fourth-order valence-corrected chi connectivity index (χ4v) is 2.55. The van der Waals surface area contributed by atoms with Crippen molar-refractivity contribution in [2.75, 3.05) is 6.54 Å². The maximum absolute atomic E-state index is 9.34. The predicted molar refractivity (Wildman–Crippen MR) is 84.2 cm³/mol. The van der Waals surface area contributed by atoms with Crippen LogP contribution in [-0.2, 0) is 12.8 Å². The third kappa shape index (κ3) is 4.39. The molecule has 2 heteroatoms. The normalized spacial score (nSPS) is 12.3. The Balaban J connectivity index is 2.05. The topological polar surface area (TPSA) is 32.3 Å². The minimum Gasteiger partial charge on any atom is -0.508 e. The fraction of sp³-hybridized carbons (Fsp3) is 0.333. The molecule has 0 amide bonds. The zero-order valence-corrected chi connectivity index (χ0v) is 12.3. The SMILES string of the molecule is CCNC(Cc1ccc(O)cc1)Cc1cccc(C)c1. The van der Waals surface area contributed by atoms with Gasteiger partial charge in [-0.25, -0.2) is 0 Å². The Hall–Kier alpha value is -1.80. The number of phenols is 1. The number of hydrogen-bond acceptors (Lipinski definition) is 2. The molecule has 0 fully saturated rings. The van der Waals surface area contributed by atoms with E-state index in [4.69, 9.17) is 0 Å². The number of hydrogen-bond donors (Lipinski definition) is 2. The fourth-order valence-electron chi connectivity index (χ4n) is 2.55. The first kappa shape index (κ1) is 14.6. The molecule has 0 heterocycles. The molecule has 2 nitrogen and oxygen atoms in total. The van der Waals surface area contributed by atoms with Crippen molar-refractivity contribution in [3.8, 4) is 5.75 Å². The van der Waals surface area contributed by atoms with E-state index < -0.39 is 0 Å². The first-order valence-electron chi connectivity index (χ1n) is 7.24. The van der Waals surface area contributed by atoms with Crippen LogP contribution in [0.1, 0.15) is 23.6 Å². The molecule has 2 aromatic rings. The Labute approximate surface area is 121 Å². The molecule has 0 spiro atoms. The summed E-state index contributed by atoms with van der Waals surface area (Å²) in [5, 5.41) is 12.9. The maximum Gasteiger partial charge on any atom is 0.115 e. The lowest BCUT2D eigenvalue weighted by molar-refractivity contribution is 0.474. The van der Waals surface area contributed by atoms with Gasteiger partial charge in [0.1, 0.15) is 5.75 Å². The summed E-state index contributed by atoms with van der Waals surface area (Å²) < 4.78 is 0. The van der Waals surface area contributed by atoms with Crippen LogP contribution in [0.4, 0.5) is 0 Å². The molecule has 2 N–H and O–H groups in total. The molecule has 0 saturated heterocycles. The van der Waals surface area contributed by atoms with Gasteiger partial charge in [0.15, 0.2) is 0 Å². The van der Waals surface area contributed by atoms with Crippen molar-refractivity contribution >= 4 is 0 Å². The van der Waals surface area contributed by atoms with Gasteiger partial charge in [-0.3, -0.25) is 0 Å². The first-order valence-corrected chi connectivity index (χ1v) is 7.24. The van der Waals surface area contributed by atoms with Crippen LogP contribution in [0.5, 0.6) is 5.75 Å². The van der Waals surface area contributed by atoms with Crippen molar-refractivity contribution in [2.24, 2.45) is 0 Å². The number of rotatable bonds is 6. The first-order chi connectivity index (χ1) is 9.67. The lowest BCUT2D eigenvalue weighted by atomic mass is 9.98. The van der Waals surface area contributed by atoms with Gasteiger partial charge in [0.05, 0.1) is 0 Å². The summed E-state index contributed by atoms with van der Waals surface area (Å²) in [5.41, 5.74) is 3.93. The van der Waals surface area contributed by atoms with Gasteiger partial charge in [0, 0.05) is 6.04 Å². The summed E-state index contributed by atoms with van der Waals surface area (Å²) in [6.07, 6.45) is 2.00. The highest BCUT2D eigenvalue weighted by atomic mass is 16.3. The molecule has 0 aliphatic rings. The number of aryl methyl sites for hydroxylation is 1. The average Bonchev–Trinajstić information content (AvgIpc) is 2.42. The number of benzene rings is 2. The van der Waals surface area contributed by atoms with Crippen LogP contribution in [0.15, 0.2) is 48.5 Å². The molecule has 1 atom stereocenters. The number of nitrogens with one attached hydrogen (secondary N) is 1. The Kier molecular flexibility index (Phi) is 5.19. The predicted octanol–water partition coefficient (Wildman–Crippen LogP) is 3.46. The Morgan fingerprint density at radius 3 is 2.35 bits per heavy atom. The highest BCUT2D eigenvalue weighted by Gasteiger charge is 2.09. The quantitative estimate of drug-likeness (QED) is 0.841. The highest BCUT2D eigenvalue weighted by molar-refractivity contribution is 5.27. The zero-order chi connectivity index (χ0) is 14.4. The lowest BCUT2D eigenvalue weighted by Gasteiger charge is -2.18. The van der Waals surface area contributed by atoms with Crippen molar-refractivity contribution in [3.05, 3.63) is 65.2 Å². The summed E-state index contributed by atoms with van der Waals surface area (Å²) in [4.78, 5) is 0. The van der Waals surface area contributed by atoms with Gasteiger partial charge in [-0.05, 0) is 49.6 Å². The van der Waals surface area contributed by atoms with Crippen LogP contribution >= 0.6 is 0 Å². The number of likely N-dealkylation sites (N-methyl/N-ethyl adjacent to an activating group) is 1. The molecule has 2 rings (SSSR count). The van der Waals surface area contributed by atoms with E-state index in [0.717, 1.165) is 19.4 Å². The van der Waals surface area contributed by atoms with E-state index in [2.05, 4.69) is 43.4 Å². The zero-order valence-electron chi connectivity index (χ0n) is 12.3. The van der Waals surface area contributed by atoms with Crippen LogP contribution in [0.3, 0.4) is 0 Å². The van der Waals surface area contributed by atoms with Crippen LogP contribution in [0, 0.1) is 6.92 Å². The molecule has 20 heavy (non-hydrogen) atoms. The molecule has 106 valence electrons. The minimum atomic E-state index is 0.326. The summed E-state index contributed by atoms with van der Waals surface area (Å²) in [6.45, 7) is 5.24. The monoisotopic (exact) mass is 269 g/mol. The van der Waals surface area contributed by atoms with Crippen LogP contribution in [0.25, 0.3) is 0 Å². The Morgan fingerprint density at radius 2 is 1.70 bits per heavy atom. The number of phenolic OH excluding ortho intramolecular Hbond substituents is 1. The molecule has 0 saturated carbocycles. The van der Waals surface area contributed by atoms with Gasteiger partial charge in [-0.15, -0.1) is 0 Å². The lowest BCUT2D eigenvalue weighted by Crippen LogP contribution is -2.33. The molecule has 0 aliphatic carbocycles. The van der Waals surface area contributed by atoms with Gasteiger partial charge in [-0.2, -0.15) is 0 Å². The highest BCUT2D eigenvalue weighted by Crippen LogP contribution is 2.14. The standard InChI is InChI=1S/C18H23NO/c1-3-19-17(12-15-7-9-18(20)10-8-15)13-16-6-4-5-14(2)11-16/h4-11,17,19-20H,3,12-13H2,1-2H3. The van der Waals surface area contributed by atoms with E-state index >= 15 is 0 Å². The van der Waals surface area contributed by atoms with Crippen molar-refractivity contribution in [1.29, 1.82) is 0 Å². The molecule has 0 aliphatic heterocycles. The van der Waals surface area contributed by atoms with Crippen LogP contribution in [0.2, 0.25) is 0 Å². The van der Waals surface area contributed by atoms with Crippen molar-refractivity contribution < 1.29 is 5.11 Å². The van der Waals surface area contributed by atoms with Crippen molar-refractivity contribution in [1.82, 2.24) is 5.32 Å². The van der Waals surface area contributed by atoms with E-state index in [1.54, 1.807) is 12.1 Å². The Bertz CT molecular complexity index is 533. The molecule has 2 aromatic carbocycles. The molecule has 1 unspecified atom stereocenters. The second-order valence-electron chi connectivity index (χ2n) is 5.32. The third-order valence-corrected chi connectivity index (χ3v) is 3.48. The van der Waals surface area contributed by atoms with Crippen molar-refractivity contribution in [2.45, 2.75) is 32.7 Å². The molecular weight excluding hydrogens is 246 g/mol. The van der Waals surface area contributed by atoms with E-state index in [9.17, 15) is 5.11 Å². The second-order valence-corrected chi connectivity index (χ2v) is 5.32.